The van der Waals surface area contributed by atoms with Gasteiger partial charge in [-0.05, 0) is 64.4 Å². The van der Waals surface area contributed by atoms with Crippen molar-refractivity contribution in [2.24, 2.45) is 48.0 Å². The first-order chi connectivity index (χ1) is 53.8. The van der Waals surface area contributed by atoms with E-state index in [0.29, 0.717) is 102 Å². The summed E-state index contributed by atoms with van der Waals surface area (Å²) in [6.45, 7) is 5.63. The molecule has 4 atom stereocenters. The summed E-state index contributed by atoms with van der Waals surface area (Å²) in [7, 11) is 11.6. The number of carbonyl (C=O) groups excluding carboxylic acids is 12. The summed E-state index contributed by atoms with van der Waals surface area (Å²) in [5.74, 6) is -3.78. The van der Waals surface area contributed by atoms with Crippen LogP contribution in [0, 0.1) is 0 Å². The molecular weight excluding hydrogens is 1480 g/mol. The molecule has 0 bridgehead atoms. The van der Waals surface area contributed by atoms with Gasteiger partial charge in [-0.25, -0.2) is 24.7 Å². The van der Waals surface area contributed by atoms with Gasteiger partial charge in [0.05, 0.1) is 82.4 Å². The quantitative estimate of drug-likeness (QED) is 0.0165. The summed E-state index contributed by atoms with van der Waals surface area (Å²) in [6.07, 6.45) is 15.0. The number of nitrogens with two attached hydrogens (primary N) is 1. The number of urea groups is 1. The second-order valence-corrected chi connectivity index (χ2v) is 28.0. The molecule has 8 rings (SSSR count). The summed E-state index contributed by atoms with van der Waals surface area (Å²) in [5.41, 5.74) is 7.23. The molecule has 2 fully saturated rings. The number of anilines is 5. The van der Waals surface area contributed by atoms with Gasteiger partial charge in [0, 0.05) is 162 Å². The van der Waals surface area contributed by atoms with Crippen molar-refractivity contribution in [1.82, 2.24) is 94.8 Å². The number of thioether (sulfide) groups is 1. The van der Waals surface area contributed by atoms with Crippen molar-refractivity contribution in [1.29, 1.82) is 0 Å². The van der Waals surface area contributed by atoms with E-state index in [-0.39, 0.29) is 140 Å². The van der Waals surface area contributed by atoms with Gasteiger partial charge >= 0.3 is 6.03 Å². The first kappa shape index (κ1) is 86.5. The Kier molecular flexibility index (Phi) is 34.1. The summed E-state index contributed by atoms with van der Waals surface area (Å²) in [6, 6.07) is 2.17. The van der Waals surface area contributed by atoms with Gasteiger partial charge in [0.15, 0.2) is 23.3 Å². The number of unbranched alkanes of at least 4 members (excludes halogenated alkanes) is 1. The number of rotatable bonds is 49. The summed E-state index contributed by atoms with van der Waals surface area (Å²) < 4.78 is 30.9. The van der Waals surface area contributed by atoms with Crippen molar-refractivity contribution in [3.05, 3.63) is 90.2 Å². The lowest BCUT2D eigenvalue weighted by Crippen LogP contribution is -2.39. The number of hydrogen-bond acceptors (Lipinski definition) is 23. The van der Waals surface area contributed by atoms with Gasteiger partial charge in [-0.3, -0.25) is 52.7 Å². The number of amides is 13. The zero-order valence-electron chi connectivity index (χ0n) is 64.0. The Bertz CT molecular complexity index is 4220. The fourth-order valence-corrected chi connectivity index (χ4v) is 13.3. The second-order valence-electron chi connectivity index (χ2n) is 26.7. The van der Waals surface area contributed by atoms with Crippen LogP contribution in [-0.4, -0.2) is 265 Å². The van der Waals surface area contributed by atoms with E-state index in [1.165, 1.54) is 68.4 Å². The fraction of sp³-hybridized carbons (Fsp3) is 0.543. The zero-order chi connectivity index (χ0) is 80.6. The third kappa shape index (κ3) is 27.8. The molecule has 0 aliphatic carbocycles. The summed E-state index contributed by atoms with van der Waals surface area (Å²) >= 11 is 1.88. The zero-order valence-corrected chi connectivity index (χ0v) is 64.9. The maximum absolute atomic E-state index is 13.4. The molecular formula is C70H103N25O16S. The Morgan fingerprint density at radius 3 is 1.51 bits per heavy atom. The van der Waals surface area contributed by atoms with Crippen LogP contribution in [0.1, 0.15) is 128 Å². The highest BCUT2D eigenvalue weighted by atomic mass is 32.2. The third-order valence-corrected chi connectivity index (χ3v) is 19.2. The highest BCUT2D eigenvalue weighted by molar-refractivity contribution is 8.00. The van der Waals surface area contributed by atoms with Crippen molar-refractivity contribution >= 4 is 112 Å². The lowest BCUT2D eigenvalue weighted by atomic mass is 10.0. The highest BCUT2D eigenvalue weighted by Crippen LogP contribution is 2.33. The molecule has 15 N–H and O–H groups in total. The molecule has 6 aromatic heterocycles. The predicted molar refractivity (Wildman–Crippen MR) is 411 cm³/mol. The van der Waals surface area contributed by atoms with E-state index >= 15 is 0 Å². The first-order valence-corrected chi connectivity index (χ1v) is 37.9. The number of ether oxygens (including phenoxy) is 4. The first-order valence-electron chi connectivity index (χ1n) is 36.8. The molecule has 0 radical (unpaired) electrons. The third-order valence-electron chi connectivity index (χ3n) is 17.7. The average molecular weight is 1580 g/mol. The van der Waals surface area contributed by atoms with E-state index in [0.717, 1.165) is 38.0 Å². The number of hydrogen-bond donors (Lipinski definition) is 14. The van der Waals surface area contributed by atoms with Crippen LogP contribution in [-0.2, 0) is 85.2 Å². The molecule has 0 unspecified atom stereocenters. The van der Waals surface area contributed by atoms with Crippen LogP contribution in [0.3, 0.4) is 0 Å². The van der Waals surface area contributed by atoms with Crippen LogP contribution in [0.25, 0.3) is 0 Å². The number of aromatic nitrogens is 10. The maximum Gasteiger partial charge on any atom is 0.315 e. The van der Waals surface area contributed by atoms with E-state index in [1.807, 2.05) is 18.8 Å². The standard InChI is InChI=1S/C70H103N25O16S/c1-89(25-10-18-72-55(97)17-28-108-30-32-110-34-35-111-33-31-109-29-24-73-54(96)13-9-8-12-50-58-47(43-112-50)81-70(107)88-58)26-11-19-75-64(101)48-36-44(38-91(48)3)79-68(105)61-85-52(41-95(61)7)83-57(99)16-22-78-67(104)60-86-53(42-93(60)5)87-63(100)46(71)14-20-76-65(102)49-37-45(39-92(49)4)80-69(106)62-84-51(40-94(62)6)82-56(98)15-21-77-66(103)59-74-23-27-90(59)2/h23,27,36-42,46-47,50,58H,8-22,24-26,28-35,43,71H2,1-7H3,(H,72,97)(H,73,96)(H,75,101)(H,76,102)(H,77,103)(H,78,104)(H,79,105)(H,80,106)(H,82,98)(H,83,99)(H,87,100)(H2,81,88,107)/t46-,47+,50+,58+/m1/s1. The van der Waals surface area contributed by atoms with Crippen LogP contribution >= 0.6 is 11.8 Å². The maximum atomic E-state index is 13.4. The Labute approximate surface area is 650 Å². The van der Waals surface area contributed by atoms with Gasteiger partial charge in [-0.1, -0.05) is 6.42 Å². The smallest absolute Gasteiger partial charge is 0.315 e. The molecule has 2 aliphatic rings. The minimum absolute atomic E-state index is 0.00414. The normalized spacial score (nSPS) is 14.5. The summed E-state index contributed by atoms with van der Waals surface area (Å²) in [5, 5.41) is 36.2. The van der Waals surface area contributed by atoms with Crippen LogP contribution in [0.4, 0.5) is 33.6 Å². The lowest BCUT2D eigenvalue weighted by molar-refractivity contribution is -0.122. The van der Waals surface area contributed by atoms with E-state index in [9.17, 15) is 57.5 Å². The summed E-state index contributed by atoms with van der Waals surface area (Å²) in [4.78, 5) is 172. The SMILES string of the molecule is CN(CCCNC(=O)CCOCCOCCOCCOCCNC(=O)CCCC[C@@H]1SC[C@@H]2NC(=O)N[C@@H]21)CCCNC(=O)c1cc(NC(=O)c2nc(NC(=O)CCNC(=O)c3nc(NC(=O)[C@H](N)CCNC(=O)c4cc(NC(=O)c5nc(NC(=O)CCNC(=O)c6nccn6C)cn5C)cn4C)cn3C)cn2C)cn1C. The Hall–Kier alpha value is -11.1. The minimum Gasteiger partial charge on any atom is -0.379 e. The monoisotopic (exact) mass is 1580 g/mol. The van der Waals surface area contributed by atoms with Crippen LogP contribution < -0.4 is 74.9 Å². The fourth-order valence-electron chi connectivity index (χ4n) is 11.8. The topological polar surface area (TPSA) is 509 Å². The molecule has 2 aliphatic heterocycles. The largest absolute Gasteiger partial charge is 0.379 e. The van der Waals surface area contributed by atoms with Crippen LogP contribution in [0.2, 0.25) is 0 Å². The number of fused-ring (bicyclic) bond motifs is 1. The van der Waals surface area contributed by atoms with Crippen molar-refractivity contribution in [2.45, 2.75) is 87.6 Å². The Balaban J connectivity index is 0.602. The van der Waals surface area contributed by atoms with Crippen molar-refractivity contribution in [3.63, 3.8) is 0 Å². The van der Waals surface area contributed by atoms with E-state index in [1.54, 1.807) is 56.8 Å². The molecule has 0 saturated carbocycles. The van der Waals surface area contributed by atoms with Gasteiger partial charge in [-0.15, -0.1) is 0 Å². The average Bonchev–Trinajstić information content (AvgIpc) is 1.67. The molecule has 6 aromatic rings. The van der Waals surface area contributed by atoms with Crippen LogP contribution in [0.5, 0.6) is 0 Å². The number of nitrogens with one attached hydrogen (secondary N) is 13. The molecule has 112 heavy (non-hydrogen) atoms. The molecule has 41 nitrogen and oxygen atoms in total. The van der Waals surface area contributed by atoms with Gasteiger partial charge in [0.2, 0.25) is 47.0 Å². The second kappa shape index (κ2) is 44.1. The number of aryl methyl sites for hydroxylation is 6. The molecule has 13 amide bonds. The molecule has 8 heterocycles. The van der Waals surface area contributed by atoms with Crippen molar-refractivity contribution < 1.29 is 76.5 Å². The van der Waals surface area contributed by atoms with Crippen molar-refractivity contribution in [3.8, 4) is 0 Å². The highest BCUT2D eigenvalue weighted by Gasteiger charge is 2.42. The van der Waals surface area contributed by atoms with Crippen molar-refractivity contribution in [2.75, 3.05) is 145 Å². The predicted octanol–water partition coefficient (Wildman–Crippen LogP) is -0.738. The van der Waals surface area contributed by atoms with Crippen LogP contribution in [0.15, 0.2) is 55.5 Å². The molecule has 0 spiro atoms. The van der Waals surface area contributed by atoms with E-state index < -0.39 is 53.3 Å². The van der Waals surface area contributed by atoms with Gasteiger partial charge in [-0.2, -0.15) is 11.8 Å². The Morgan fingerprint density at radius 1 is 0.491 bits per heavy atom. The van der Waals surface area contributed by atoms with Gasteiger partial charge in [0.1, 0.15) is 11.4 Å². The Morgan fingerprint density at radius 2 is 0.964 bits per heavy atom. The van der Waals surface area contributed by atoms with E-state index in [4.69, 9.17) is 24.7 Å². The van der Waals surface area contributed by atoms with Gasteiger partial charge in [0.25, 0.3) is 35.4 Å². The lowest BCUT2D eigenvalue weighted by Gasteiger charge is -2.17. The van der Waals surface area contributed by atoms with Gasteiger partial charge < -0.3 is 126 Å². The number of carbonyl (C=O) groups is 12. The number of nitrogens with zero attached hydrogens (tertiary/aromatic N) is 11. The molecule has 2 saturated heterocycles. The molecule has 610 valence electrons. The molecule has 0 aromatic carbocycles. The van der Waals surface area contributed by atoms with E-state index in [2.05, 4.69) is 94.0 Å². The number of imidazole rings is 4. The minimum atomic E-state index is -1.11. The molecule has 42 heteroatoms.